The molecule has 0 spiro atoms. The van der Waals surface area contributed by atoms with Crippen LogP contribution < -0.4 is 10.1 Å². The second kappa shape index (κ2) is 6.21. The summed E-state index contributed by atoms with van der Waals surface area (Å²) in [4.78, 5) is 0. The molecule has 2 rings (SSSR count). The molecule has 0 heterocycles. The Morgan fingerprint density at radius 1 is 1.39 bits per heavy atom. The van der Waals surface area contributed by atoms with Gasteiger partial charge >= 0.3 is 0 Å². The molecule has 0 aromatic heterocycles. The second-order valence-corrected chi connectivity index (χ2v) is 5.12. The molecule has 100 valence electrons. The summed E-state index contributed by atoms with van der Waals surface area (Å²) >= 11 is 0. The zero-order valence-electron chi connectivity index (χ0n) is 11.1. The van der Waals surface area contributed by atoms with Gasteiger partial charge in [-0.3, -0.25) is 0 Å². The zero-order valence-corrected chi connectivity index (χ0v) is 11.1. The smallest absolute Gasteiger partial charge is 0.119 e. The van der Waals surface area contributed by atoms with Gasteiger partial charge in [-0.25, -0.2) is 0 Å². The molecule has 18 heavy (non-hydrogen) atoms. The molecule has 1 aromatic carbocycles. The molecule has 3 heteroatoms. The van der Waals surface area contributed by atoms with E-state index in [4.69, 9.17) is 4.74 Å². The van der Waals surface area contributed by atoms with E-state index in [0.717, 1.165) is 38.0 Å². The summed E-state index contributed by atoms with van der Waals surface area (Å²) in [5, 5.41) is 13.1. The van der Waals surface area contributed by atoms with Gasteiger partial charge in [0.25, 0.3) is 0 Å². The Labute approximate surface area is 109 Å². The first-order valence-electron chi connectivity index (χ1n) is 6.85. The molecule has 1 saturated carbocycles. The van der Waals surface area contributed by atoms with Gasteiger partial charge in [-0.1, -0.05) is 25.1 Å². The fourth-order valence-electron chi connectivity index (χ4n) is 2.84. The largest absolute Gasteiger partial charge is 0.490 e. The average Bonchev–Trinajstić information content (AvgIpc) is 2.41. The Kier molecular flexibility index (Phi) is 4.61. The van der Waals surface area contributed by atoms with Crippen molar-refractivity contribution in [3.63, 3.8) is 0 Å². The number of hydrogen-bond donors (Lipinski definition) is 2. The fraction of sp³-hybridized carbons (Fsp3) is 0.600. The average molecular weight is 249 g/mol. The summed E-state index contributed by atoms with van der Waals surface area (Å²) in [6.07, 6.45) is 4.29. The molecule has 1 aliphatic rings. The van der Waals surface area contributed by atoms with E-state index in [9.17, 15) is 5.11 Å². The summed E-state index contributed by atoms with van der Waals surface area (Å²) in [6, 6.07) is 9.94. The molecule has 2 N–H and O–H groups in total. The molecule has 0 aliphatic heterocycles. The number of likely N-dealkylation sites (N-methyl/N-ethyl adjacent to an activating group) is 1. The third kappa shape index (κ3) is 3.24. The van der Waals surface area contributed by atoms with E-state index >= 15 is 0 Å². The summed E-state index contributed by atoms with van der Waals surface area (Å²) < 4.78 is 6.01. The first-order chi connectivity index (χ1) is 8.78. The summed E-state index contributed by atoms with van der Waals surface area (Å²) in [7, 11) is 0. The number of nitrogens with one attached hydrogen (secondary N) is 1. The number of hydrogen-bond acceptors (Lipinski definition) is 3. The van der Waals surface area contributed by atoms with E-state index < -0.39 is 0 Å². The summed E-state index contributed by atoms with van der Waals surface area (Å²) in [5.41, 5.74) is -0.146. The number of para-hydroxylation sites is 1. The van der Waals surface area contributed by atoms with Crippen molar-refractivity contribution in [3.8, 4) is 5.75 Å². The van der Waals surface area contributed by atoms with Crippen LogP contribution in [-0.4, -0.2) is 29.9 Å². The highest BCUT2D eigenvalue weighted by atomic mass is 16.5. The van der Waals surface area contributed by atoms with Crippen LogP contribution in [0.25, 0.3) is 0 Å². The SMILES string of the molecule is CCNC1(CO)CCCC(Oc2ccccc2)C1. The van der Waals surface area contributed by atoms with Gasteiger partial charge in [0.1, 0.15) is 11.9 Å². The van der Waals surface area contributed by atoms with Gasteiger partial charge in [0, 0.05) is 12.0 Å². The third-order valence-corrected chi connectivity index (χ3v) is 3.70. The Balaban J connectivity index is 1.98. The Bertz CT molecular complexity index is 351. The molecule has 2 unspecified atom stereocenters. The minimum Gasteiger partial charge on any atom is -0.490 e. The van der Waals surface area contributed by atoms with Gasteiger partial charge in [0.2, 0.25) is 0 Å². The lowest BCUT2D eigenvalue weighted by molar-refractivity contribution is 0.0520. The molecule has 0 bridgehead atoms. The van der Waals surface area contributed by atoms with Crippen LogP contribution in [0.5, 0.6) is 5.75 Å². The standard InChI is InChI=1S/C15H23NO2/c1-2-16-15(12-17)10-6-9-14(11-15)18-13-7-4-3-5-8-13/h3-5,7-8,14,16-17H,2,6,9-12H2,1H3. The lowest BCUT2D eigenvalue weighted by Gasteiger charge is -2.40. The van der Waals surface area contributed by atoms with Crippen LogP contribution >= 0.6 is 0 Å². The fourth-order valence-corrected chi connectivity index (χ4v) is 2.84. The maximum Gasteiger partial charge on any atom is 0.119 e. The van der Waals surface area contributed by atoms with Crippen molar-refractivity contribution >= 4 is 0 Å². The molecule has 2 atom stereocenters. The number of ether oxygens (including phenoxy) is 1. The van der Waals surface area contributed by atoms with Gasteiger partial charge in [-0.15, -0.1) is 0 Å². The molecular formula is C15H23NO2. The second-order valence-electron chi connectivity index (χ2n) is 5.12. The van der Waals surface area contributed by atoms with E-state index in [-0.39, 0.29) is 18.2 Å². The minimum atomic E-state index is -0.146. The topological polar surface area (TPSA) is 41.5 Å². The maximum absolute atomic E-state index is 9.64. The van der Waals surface area contributed by atoms with Crippen LogP contribution in [0.1, 0.15) is 32.6 Å². The highest BCUT2D eigenvalue weighted by molar-refractivity contribution is 5.21. The van der Waals surface area contributed by atoms with Crippen molar-refractivity contribution in [2.75, 3.05) is 13.2 Å². The Morgan fingerprint density at radius 2 is 2.17 bits per heavy atom. The monoisotopic (exact) mass is 249 g/mol. The van der Waals surface area contributed by atoms with Gasteiger partial charge in [-0.05, 0) is 37.9 Å². The number of aliphatic hydroxyl groups excluding tert-OH is 1. The van der Waals surface area contributed by atoms with Gasteiger partial charge in [-0.2, -0.15) is 0 Å². The maximum atomic E-state index is 9.64. The first kappa shape index (κ1) is 13.4. The highest BCUT2D eigenvalue weighted by Gasteiger charge is 2.36. The molecule has 0 radical (unpaired) electrons. The number of aliphatic hydroxyl groups is 1. The Hall–Kier alpha value is -1.06. The van der Waals surface area contributed by atoms with E-state index in [2.05, 4.69) is 12.2 Å². The minimum absolute atomic E-state index is 0.146. The van der Waals surface area contributed by atoms with E-state index in [1.54, 1.807) is 0 Å². The molecule has 0 saturated heterocycles. The highest BCUT2D eigenvalue weighted by Crippen LogP contribution is 2.30. The predicted octanol–water partition coefficient (Wildman–Crippen LogP) is 2.35. The molecule has 1 aromatic rings. The van der Waals surface area contributed by atoms with Gasteiger partial charge in [0.05, 0.1) is 6.61 Å². The van der Waals surface area contributed by atoms with Crippen LogP contribution in [0, 0.1) is 0 Å². The van der Waals surface area contributed by atoms with Crippen molar-refractivity contribution < 1.29 is 9.84 Å². The van der Waals surface area contributed by atoms with Gasteiger partial charge in [0.15, 0.2) is 0 Å². The molecular weight excluding hydrogens is 226 g/mol. The van der Waals surface area contributed by atoms with E-state index in [1.165, 1.54) is 0 Å². The Morgan fingerprint density at radius 3 is 2.83 bits per heavy atom. The van der Waals surface area contributed by atoms with Crippen LogP contribution in [0.4, 0.5) is 0 Å². The summed E-state index contributed by atoms with van der Waals surface area (Å²) in [6.45, 7) is 3.16. The van der Waals surface area contributed by atoms with E-state index in [0.29, 0.717) is 0 Å². The van der Waals surface area contributed by atoms with Crippen LogP contribution in [0.15, 0.2) is 30.3 Å². The van der Waals surface area contributed by atoms with Crippen LogP contribution in [0.3, 0.4) is 0 Å². The van der Waals surface area contributed by atoms with Crippen molar-refractivity contribution in [2.24, 2.45) is 0 Å². The van der Waals surface area contributed by atoms with Crippen molar-refractivity contribution in [1.82, 2.24) is 5.32 Å². The third-order valence-electron chi connectivity index (χ3n) is 3.70. The molecule has 1 aliphatic carbocycles. The van der Waals surface area contributed by atoms with Gasteiger partial charge < -0.3 is 15.2 Å². The van der Waals surface area contributed by atoms with Crippen LogP contribution in [-0.2, 0) is 0 Å². The number of benzene rings is 1. The van der Waals surface area contributed by atoms with Crippen molar-refractivity contribution in [1.29, 1.82) is 0 Å². The lowest BCUT2D eigenvalue weighted by Crippen LogP contribution is -2.53. The normalized spacial score (nSPS) is 28.0. The molecule has 0 amide bonds. The quantitative estimate of drug-likeness (QED) is 0.841. The predicted molar refractivity (Wildman–Crippen MR) is 72.8 cm³/mol. The van der Waals surface area contributed by atoms with Crippen molar-refractivity contribution in [2.45, 2.75) is 44.2 Å². The summed E-state index contributed by atoms with van der Waals surface area (Å²) in [5.74, 6) is 0.924. The lowest BCUT2D eigenvalue weighted by atomic mass is 9.80. The molecule has 3 nitrogen and oxygen atoms in total. The van der Waals surface area contributed by atoms with Crippen molar-refractivity contribution in [3.05, 3.63) is 30.3 Å². The molecule has 1 fully saturated rings. The zero-order chi connectivity index (χ0) is 12.8. The van der Waals surface area contributed by atoms with Crippen LogP contribution in [0.2, 0.25) is 0 Å². The first-order valence-corrected chi connectivity index (χ1v) is 6.85. The number of rotatable bonds is 5. The van der Waals surface area contributed by atoms with E-state index in [1.807, 2.05) is 30.3 Å².